The minimum Gasteiger partial charge on any atom is -0.329 e. The van der Waals surface area contributed by atoms with Crippen molar-refractivity contribution in [3.8, 4) is 0 Å². The molecule has 1 aromatic rings. The molecular weight excluding hydrogens is 305 g/mol. The fourth-order valence-electron chi connectivity index (χ4n) is 2.71. The van der Waals surface area contributed by atoms with Crippen LogP contribution in [0.5, 0.6) is 0 Å². The lowest BCUT2D eigenvalue weighted by molar-refractivity contribution is 0.325. The molecular formula is C13H17F3N2O2S. The van der Waals surface area contributed by atoms with E-state index in [1.54, 1.807) is 0 Å². The fourth-order valence-corrected chi connectivity index (χ4v) is 4.51. The molecule has 0 bridgehead atoms. The second-order valence-corrected chi connectivity index (χ2v) is 6.87. The van der Waals surface area contributed by atoms with E-state index in [-0.39, 0.29) is 19.1 Å². The molecule has 0 saturated heterocycles. The van der Waals surface area contributed by atoms with Crippen molar-refractivity contribution in [1.29, 1.82) is 0 Å². The van der Waals surface area contributed by atoms with Gasteiger partial charge in [-0.3, -0.25) is 0 Å². The largest absolute Gasteiger partial charge is 0.329 e. The van der Waals surface area contributed by atoms with E-state index in [9.17, 15) is 21.6 Å². The zero-order valence-electron chi connectivity index (χ0n) is 11.4. The number of nitrogens with two attached hydrogens (primary N) is 1. The molecule has 1 aromatic carbocycles. The summed E-state index contributed by atoms with van der Waals surface area (Å²) in [7, 11) is -4.39. The Hall–Kier alpha value is -1.12. The standard InChI is InChI=1S/C13H17F3N2O2S/c14-9-7-11(15)13(12(16)8-9)21(19,20)18(6-5-17)10-3-1-2-4-10/h7-8,10H,1-6,17H2. The molecule has 0 heterocycles. The van der Waals surface area contributed by atoms with Gasteiger partial charge in [0.25, 0.3) is 0 Å². The van der Waals surface area contributed by atoms with E-state index in [0.29, 0.717) is 25.0 Å². The Morgan fingerprint density at radius 3 is 2.14 bits per heavy atom. The summed E-state index contributed by atoms with van der Waals surface area (Å²) in [6.07, 6.45) is 2.97. The van der Waals surface area contributed by atoms with Gasteiger partial charge in [-0.1, -0.05) is 12.8 Å². The minimum absolute atomic E-state index is 0.0245. The molecule has 0 atom stereocenters. The molecule has 2 N–H and O–H groups in total. The number of hydrogen-bond acceptors (Lipinski definition) is 3. The molecule has 0 radical (unpaired) electrons. The quantitative estimate of drug-likeness (QED) is 0.902. The zero-order valence-corrected chi connectivity index (χ0v) is 12.2. The second-order valence-electron chi connectivity index (χ2n) is 5.04. The summed E-state index contributed by atoms with van der Waals surface area (Å²) >= 11 is 0. The summed E-state index contributed by atoms with van der Waals surface area (Å²) in [4.78, 5) is -1.11. The van der Waals surface area contributed by atoms with E-state index in [1.165, 1.54) is 0 Å². The van der Waals surface area contributed by atoms with Gasteiger partial charge in [0.1, 0.15) is 17.5 Å². The average molecular weight is 322 g/mol. The first kappa shape index (κ1) is 16.3. The van der Waals surface area contributed by atoms with Crippen molar-refractivity contribution < 1.29 is 21.6 Å². The number of halogens is 3. The van der Waals surface area contributed by atoms with E-state index in [4.69, 9.17) is 5.73 Å². The Morgan fingerprint density at radius 1 is 1.14 bits per heavy atom. The van der Waals surface area contributed by atoms with Gasteiger partial charge in [-0.2, -0.15) is 4.31 Å². The normalized spacial score (nSPS) is 16.8. The highest BCUT2D eigenvalue weighted by molar-refractivity contribution is 7.89. The lowest BCUT2D eigenvalue weighted by Gasteiger charge is -2.27. The first-order chi connectivity index (χ1) is 9.87. The number of hydrogen-bond donors (Lipinski definition) is 1. The number of benzene rings is 1. The van der Waals surface area contributed by atoms with Crippen molar-refractivity contribution in [1.82, 2.24) is 4.31 Å². The smallest absolute Gasteiger partial charge is 0.249 e. The third-order valence-electron chi connectivity index (χ3n) is 3.61. The number of sulfonamides is 1. The predicted molar refractivity (Wildman–Crippen MR) is 71.5 cm³/mol. The van der Waals surface area contributed by atoms with Crippen molar-refractivity contribution in [2.24, 2.45) is 5.73 Å². The van der Waals surface area contributed by atoms with Crippen LogP contribution >= 0.6 is 0 Å². The summed E-state index contributed by atoms with van der Waals surface area (Å²) in [5.74, 6) is -4.00. The van der Waals surface area contributed by atoms with E-state index < -0.39 is 32.4 Å². The highest BCUT2D eigenvalue weighted by atomic mass is 32.2. The fraction of sp³-hybridized carbons (Fsp3) is 0.538. The summed E-state index contributed by atoms with van der Waals surface area (Å²) in [5, 5.41) is 0. The van der Waals surface area contributed by atoms with Crippen LogP contribution in [0, 0.1) is 17.5 Å². The maximum absolute atomic E-state index is 13.8. The molecule has 0 spiro atoms. The molecule has 1 saturated carbocycles. The molecule has 1 aliphatic rings. The van der Waals surface area contributed by atoms with Gasteiger partial charge in [-0.25, -0.2) is 21.6 Å². The second kappa shape index (κ2) is 6.33. The van der Waals surface area contributed by atoms with E-state index >= 15 is 0 Å². The Kier molecular flexibility index (Phi) is 4.90. The lowest BCUT2D eigenvalue weighted by Crippen LogP contribution is -2.42. The van der Waals surface area contributed by atoms with Crippen LogP contribution in [0.4, 0.5) is 13.2 Å². The molecule has 0 unspecified atom stereocenters. The Labute approximate surface area is 121 Å². The van der Waals surface area contributed by atoms with Crippen LogP contribution in [-0.4, -0.2) is 31.9 Å². The maximum atomic E-state index is 13.8. The predicted octanol–water partition coefficient (Wildman–Crippen LogP) is 2.00. The Morgan fingerprint density at radius 2 is 1.67 bits per heavy atom. The van der Waals surface area contributed by atoms with Crippen LogP contribution in [0.25, 0.3) is 0 Å². The van der Waals surface area contributed by atoms with Crippen molar-refractivity contribution in [3.63, 3.8) is 0 Å². The van der Waals surface area contributed by atoms with Crippen LogP contribution in [0.3, 0.4) is 0 Å². The van der Waals surface area contributed by atoms with Crippen LogP contribution in [-0.2, 0) is 10.0 Å². The third kappa shape index (κ3) is 3.22. The molecule has 1 aliphatic carbocycles. The van der Waals surface area contributed by atoms with E-state index in [0.717, 1.165) is 17.1 Å². The number of rotatable bonds is 5. The van der Waals surface area contributed by atoms with Gasteiger partial charge in [0.15, 0.2) is 4.90 Å². The summed E-state index contributed by atoms with van der Waals surface area (Å²) in [5.41, 5.74) is 5.42. The molecule has 2 rings (SSSR count). The summed E-state index contributed by atoms with van der Waals surface area (Å²) < 4.78 is 66.6. The topological polar surface area (TPSA) is 63.4 Å². The van der Waals surface area contributed by atoms with Crippen LogP contribution < -0.4 is 5.73 Å². The minimum atomic E-state index is -4.39. The molecule has 118 valence electrons. The zero-order chi connectivity index (χ0) is 15.6. The van der Waals surface area contributed by atoms with Crippen molar-refractivity contribution in [3.05, 3.63) is 29.6 Å². The summed E-state index contributed by atoms with van der Waals surface area (Å²) in [6.45, 7) is 0.0173. The molecule has 21 heavy (non-hydrogen) atoms. The first-order valence-electron chi connectivity index (χ1n) is 6.74. The Balaban J connectivity index is 2.48. The van der Waals surface area contributed by atoms with Crippen molar-refractivity contribution >= 4 is 10.0 Å². The van der Waals surface area contributed by atoms with Gasteiger partial charge < -0.3 is 5.73 Å². The van der Waals surface area contributed by atoms with Gasteiger partial charge in [0, 0.05) is 31.3 Å². The lowest BCUT2D eigenvalue weighted by atomic mass is 10.2. The molecule has 0 aromatic heterocycles. The highest BCUT2D eigenvalue weighted by Crippen LogP contribution is 2.30. The van der Waals surface area contributed by atoms with Gasteiger partial charge >= 0.3 is 0 Å². The van der Waals surface area contributed by atoms with Gasteiger partial charge in [-0.05, 0) is 12.8 Å². The van der Waals surface area contributed by atoms with Crippen LogP contribution in [0.15, 0.2) is 17.0 Å². The van der Waals surface area contributed by atoms with E-state index in [2.05, 4.69) is 0 Å². The molecule has 8 heteroatoms. The monoisotopic (exact) mass is 322 g/mol. The average Bonchev–Trinajstić information content (AvgIpc) is 2.87. The van der Waals surface area contributed by atoms with Gasteiger partial charge in [0.2, 0.25) is 10.0 Å². The maximum Gasteiger partial charge on any atom is 0.249 e. The first-order valence-corrected chi connectivity index (χ1v) is 8.18. The Bertz CT molecular complexity index is 593. The van der Waals surface area contributed by atoms with E-state index in [1.807, 2.05) is 0 Å². The van der Waals surface area contributed by atoms with Crippen molar-refractivity contribution in [2.75, 3.05) is 13.1 Å². The van der Waals surface area contributed by atoms with Crippen LogP contribution in [0.1, 0.15) is 25.7 Å². The molecule has 0 amide bonds. The highest BCUT2D eigenvalue weighted by Gasteiger charge is 2.36. The van der Waals surface area contributed by atoms with Crippen molar-refractivity contribution in [2.45, 2.75) is 36.6 Å². The number of nitrogens with zero attached hydrogens (tertiary/aromatic N) is 1. The third-order valence-corrected chi connectivity index (χ3v) is 5.62. The molecule has 4 nitrogen and oxygen atoms in total. The van der Waals surface area contributed by atoms with Crippen LogP contribution in [0.2, 0.25) is 0 Å². The summed E-state index contributed by atoms with van der Waals surface area (Å²) in [6, 6.07) is 0.415. The SMILES string of the molecule is NCCN(C1CCCC1)S(=O)(=O)c1c(F)cc(F)cc1F. The van der Waals surface area contributed by atoms with Gasteiger partial charge in [0.05, 0.1) is 0 Å². The molecule has 0 aliphatic heterocycles. The molecule has 1 fully saturated rings. The van der Waals surface area contributed by atoms with Gasteiger partial charge in [-0.15, -0.1) is 0 Å².